The molecule has 2 amide bonds. The Kier molecular flexibility index (Phi) is 6.29. The number of methoxy groups -OCH3 is 1. The fraction of sp³-hybridized carbons (Fsp3) is 0.167. The summed E-state index contributed by atoms with van der Waals surface area (Å²) in [5, 5.41) is 5.79. The third-order valence-corrected chi connectivity index (χ3v) is 4.85. The zero-order chi connectivity index (χ0) is 20.8. The average molecular weight is 388 g/mol. The molecular weight excluding hydrogens is 364 g/mol. The maximum Gasteiger partial charge on any atom is 0.255 e. The normalized spacial score (nSPS) is 10.3. The van der Waals surface area contributed by atoms with Crippen LogP contribution in [0.1, 0.15) is 37.4 Å². The molecule has 0 saturated heterocycles. The van der Waals surface area contributed by atoms with Crippen molar-refractivity contribution in [2.24, 2.45) is 0 Å². The first-order chi connectivity index (χ1) is 14.0. The summed E-state index contributed by atoms with van der Waals surface area (Å²) in [6.07, 6.45) is 0. The van der Waals surface area contributed by atoms with Crippen LogP contribution in [0.3, 0.4) is 0 Å². The van der Waals surface area contributed by atoms with E-state index in [1.807, 2.05) is 56.3 Å². The lowest BCUT2D eigenvalue weighted by molar-refractivity contribution is 0.0951. The van der Waals surface area contributed by atoms with Crippen LogP contribution in [-0.4, -0.2) is 18.9 Å². The molecule has 148 valence electrons. The van der Waals surface area contributed by atoms with E-state index >= 15 is 0 Å². The van der Waals surface area contributed by atoms with Crippen molar-refractivity contribution in [3.63, 3.8) is 0 Å². The highest BCUT2D eigenvalue weighted by Gasteiger charge is 2.12. The van der Waals surface area contributed by atoms with Gasteiger partial charge in [-0.25, -0.2) is 0 Å². The van der Waals surface area contributed by atoms with E-state index in [9.17, 15) is 9.59 Å². The number of hydrogen-bond acceptors (Lipinski definition) is 3. The van der Waals surface area contributed by atoms with Crippen LogP contribution < -0.4 is 15.4 Å². The zero-order valence-corrected chi connectivity index (χ0v) is 16.8. The van der Waals surface area contributed by atoms with Gasteiger partial charge < -0.3 is 15.4 Å². The topological polar surface area (TPSA) is 67.4 Å². The molecule has 0 heterocycles. The van der Waals surface area contributed by atoms with Crippen LogP contribution in [0.2, 0.25) is 0 Å². The van der Waals surface area contributed by atoms with E-state index in [0.29, 0.717) is 17.7 Å². The molecule has 2 N–H and O–H groups in total. The van der Waals surface area contributed by atoms with Crippen molar-refractivity contribution >= 4 is 17.5 Å². The standard InChI is InChI=1S/C24H24N2O3/c1-16-6-4-9-22(17(16)2)26-24(28)20-8-5-7-19(14-20)23(27)25-15-18-10-12-21(29-3)13-11-18/h4-14H,15H2,1-3H3,(H,25,27)(H,26,28). The average Bonchev–Trinajstić information content (AvgIpc) is 2.75. The third kappa shape index (κ3) is 5.02. The molecule has 3 rings (SSSR count). The predicted molar refractivity (Wildman–Crippen MR) is 114 cm³/mol. The maximum absolute atomic E-state index is 12.6. The van der Waals surface area contributed by atoms with Gasteiger partial charge in [0.1, 0.15) is 5.75 Å². The monoisotopic (exact) mass is 388 g/mol. The van der Waals surface area contributed by atoms with E-state index < -0.39 is 0 Å². The van der Waals surface area contributed by atoms with Crippen molar-refractivity contribution in [3.05, 3.63) is 94.5 Å². The largest absolute Gasteiger partial charge is 0.497 e. The molecule has 5 heteroatoms. The summed E-state index contributed by atoms with van der Waals surface area (Å²) in [4.78, 5) is 25.1. The number of nitrogens with one attached hydrogen (secondary N) is 2. The van der Waals surface area contributed by atoms with E-state index in [4.69, 9.17) is 4.74 Å². The molecule has 0 bridgehead atoms. The van der Waals surface area contributed by atoms with Gasteiger partial charge in [-0.2, -0.15) is 0 Å². The van der Waals surface area contributed by atoms with Gasteiger partial charge in [-0.05, 0) is 66.9 Å². The Morgan fingerprint density at radius 3 is 2.21 bits per heavy atom. The Morgan fingerprint density at radius 2 is 1.52 bits per heavy atom. The summed E-state index contributed by atoms with van der Waals surface area (Å²) >= 11 is 0. The molecule has 5 nitrogen and oxygen atoms in total. The number of aryl methyl sites for hydroxylation is 1. The lowest BCUT2D eigenvalue weighted by Crippen LogP contribution is -2.23. The second-order valence-electron chi connectivity index (χ2n) is 6.81. The number of rotatable bonds is 6. The van der Waals surface area contributed by atoms with E-state index in [1.165, 1.54) is 0 Å². The Balaban J connectivity index is 1.66. The van der Waals surface area contributed by atoms with E-state index in [2.05, 4.69) is 10.6 Å². The van der Waals surface area contributed by atoms with E-state index in [1.54, 1.807) is 31.4 Å². The van der Waals surface area contributed by atoms with Gasteiger partial charge in [0.2, 0.25) is 0 Å². The quantitative estimate of drug-likeness (QED) is 0.654. The summed E-state index contributed by atoms with van der Waals surface area (Å²) in [7, 11) is 1.61. The highest BCUT2D eigenvalue weighted by molar-refractivity contribution is 6.06. The number of carbonyl (C=O) groups excluding carboxylic acids is 2. The van der Waals surface area contributed by atoms with Crippen LogP contribution >= 0.6 is 0 Å². The first kappa shape index (κ1) is 20.1. The molecule has 29 heavy (non-hydrogen) atoms. The molecule has 0 spiro atoms. The number of carbonyl (C=O) groups is 2. The lowest BCUT2D eigenvalue weighted by Gasteiger charge is -2.11. The molecule has 3 aromatic carbocycles. The fourth-order valence-electron chi connectivity index (χ4n) is 2.91. The van der Waals surface area contributed by atoms with Crippen molar-refractivity contribution < 1.29 is 14.3 Å². The Hall–Kier alpha value is -3.60. The summed E-state index contributed by atoms with van der Waals surface area (Å²) in [5.74, 6) is 0.286. The first-order valence-electron chi connectivity index (χ1n) is 9.36. The van der Waals surface area contributed by atoms with Crippen molar-refractivity contribution in [1.82, 2.24) is 5.32 Å². The van der Waals surface area contributed by atoms with Crippen LogP contribution in [0.4, 0.5) is 5.69 Å². The molecule has 0 aliphatic carbocycles. The van der Waals surface area contributed by atoms with E-state index in [0.717, 1.165) is 28.1 Å². The molecule has 0 saturated carbocycles. The molecule has 0 radical (unpaired) electrons. The highest BCUT2D eigenvalue weighted by atomic mass is 16.5. The number of hydrogen-bond donors (Lipinski definition) is 2. The van der Waals surface area contributed by atoms with Gasteiger partial charge in [-0.15, -0.1) is 0 Å². The first-order valence-corrected chi connectivity index (χ1v) is 9.36. The number of benzene rings is 3. The molecule has 0 atom stereocenters. The van der Waals surface area contributed by atoms with Gasteiger partial charge in [0, 0.05) is 23.4 Å². The molecular formula is C24H24N2O3. The van der Waals surface area contributed by atoms with Crippen LogP contribution in [0.25, 0.3) is 0 Å². The molecule has 0 fully saturated rings. The van der Waals surface area contributed by atoms with E-state index in [-0.39, 0.29) is 11.8 Å². The number of ether oxygens (including phenoxy) is 1. The molecule has 0 aliphatic heterocycles. The Bertz CT molecular complexity index is 1030. The SMILES string of the molecule is COc1ccc(CNC(=O)c2cccc(C(=O)Nc3cccc(C)c3C)c2)cc1. The summed E-state index contributed by atoms with van der Waals surface area (Å²) < 4.78 is 5.13. The van der Waals surface area contributed by atoms with Crippen molar-refractivity contribution in [2.75, 3.05) is 12.4 Å². The summed E-state index contributed by atoms with van der Waals surface area (Å²) in [6, 6.07) is 20.0. The van der Waals surface area contributed by atoms with Gasteiger partial charge in [-0.3, -0.25) is 9.59 Å². The minimum absolute atomic E-state index is 0.234. The highest BCUT2D eigenvalue weighted by Crippen LogP contribution is 2.19. The molecule has 0 aliphatic rings. The van der Waals surface area contributed by atoms with Crippen LogP contribution in [-0.2, 0) is 6.54 Å². The van der Waals surface area contributed by atoms with Crippen molar-refractivity contribution in [2.45, 2.75) is 20.4 Å². The van der Waals surface area contributed by atoms with Gasteiger partial charge in [-0.1, -0.05) is 30.3 Å². The Morgan fingerprint density at radius 1 is 0.862 bits per heavy atom. The minimum atomic E-state index is -0.247. The number of amides is 2. The van der Waals surface area contributed by atoms with Gasteiger partial charge >= 0.3 is 0 Å². The Labute approximate surface area is 170 Å². The number of anilines is 1. The smallest absolute Gasteiger partial charge is 0.255 e. The van der Waals surface area contributed by atoms with Gasteiger partial charge in [0.25, 0.3) is 11.8 Å². The summed E-state index contributed by atoms with van der Waals surface area (Å²) in [5.41, 5.74) is 4.73. The summed E-state index contributed by atoms with van der Waals surface area (Å²) in [6.45, 7) is 4.36. The van der Waals surface area contributed by atoms with Crippen molar-refractivity contribution in [1.29, 1.82) is 0 Å². The second-order valence-corrected chi connectivity index (χ2v) is 6.81. The van der Waals surface area contributed by atoms with Gasteiger partial charge in [0.15, 0.2) is 0 Å². The lowest BCUT2D eigenvalue weighted by atomic mass is 10.1. The van der Waals surface area contributed by atoms with Crippen LogP contribution in [0, 0.1) is 13.8 Å². The van der Waals surface area contributed by atoms with Crippen LogP contribution in [0.15, 0.2) is 66.7 Å². The fourth-order valence-corrected chi connectivity index (χ4v) is 2.91. The second kappa shape index (κ2) is 9.06. The van der Waals surface area contributed by atoms with Gasteiger partial charge in [0.05, 0.1) is 7.11 Å². The molecule has 0 aromatic heterocycles. The van der Waals surface area contributed by atoms with Crippen molar-refractivity contribution in [3.8, 4) is 5.75 Å². The molecule has 0 unspecified atom stereocenters. The third-order valence-electron chi connectivity index (χ3n) is 4.85. The van der Waals surface area contributed by atoms with Crippen LogP contribution in [0.5, 0.6) is 5.75 Å². The predicted octanol–water partition coefficient (Wildman–Crippen LogP) is 4.49. The maximum atomic E-state index is 12.6. The zero-order valence-electron chi connectivity index (χ0n) is 16.8. The minimum Gasteiger partial charge on any atom is -0.497 e. The molecule has 3 aromatic rings.